The topological polar surface area (TPSA) is 67.2 Å². The highest BCUT2D eigenvalue weighted by Crippen LogP contribution is 2.28. The van der Waals surface area contributed by atoms with Crippen molar-refractivity contribution in [2.24, 2.45) is 0 Å². The highest BCUT2D eigenvalue weighted by Gasteiger charge is 2.10. The lowest BCUT2D eigenvalue weighted by atomic mass is 10.2. The minimum Gasteiger partial charge on any atom is -0.388 e. The molecule has 104 valence electrons. The molecule has 6 heteroatoms. The summed E-state index contributed by atoms with van der Waals surface area (Å²) in [5.41, 5.74) is 2.15. The molecule has 0 heterocycles. The number of nitrogens with zero attached hydrogens (tertiary/aromatic N) is 1. The number of halogens is 1. The molecule has 0 unspecified atom stereocenters. The van der Waals surface area contributed by atoms with Gasteiger partial charge in [-0.15, -0.1) is 0 Å². The van der Waals surface area contributed by atoms with Gasteiger partial charge in [0.25, 0.3) is 5.69 Å². The van der Waals surface area contributed by atoms with Gasteiger partial charge in [-0.05, 0) is 30.7 Å². The molecule has 0 spiro atoms. The van der Waals surface area contributed by atoms with Crippen LogP contribution in [0.3, 0.4) is 0 Å². The largest absolute Gasteiger partial charge is 0.388 e. The van der Waals surface area contributed by atoms with Gasteiger partial charge in [-0.2, -0.15) is 0 Å². The monoisotopic (exact) mass is 275 g/mol. The average Bonchev–Trinajstić information content (AvgIpc) is 2.42. The first-order valence-electron chi connectivity index (χ1n) is 6.00. The van der Waals surface area contributed by atoms with E-state index in [2.05, 4.69) is 10.6 Å². The van der Waals surface area contributed by atoms with Gasteiger partial charge in [0.05, 0.1) is 10.6 Å². The van der Waals surface area contributed by atoms with Crippen LogP contribution >= 0.6 is 0 Å². The zero-order valence-electron chi connectivity index (χ0n) is 11.1. The average molecular weight is 275 g/mol. The standard InChI is InChI=1S/C14H14FN3O2/c1-9-3-4-13(15)14(5-9)17-11-6-10(16-2)7-12(8-11)18(19)20/h3-8,16-17H,1-2H3. The molecule has 2 N–H and O–H groups in total. The molecule has 0 aromatic heterocycles. The van der Waals surface area contributed by atoms with Crippen molar-refractivity contribution < 1.29 is 9.31 Å². The summed E-state index contributed by atoms with van der Waals surface area (Å²) in [7, 11) is 1.66. The Hall–Kier alpha value is -2.63. The van der Waals surface area contributed by atoms with Crippen molar-refractivity contribution in [3.8, 4) is 0 Å². The summed E-state index contributed by atoms with van der Waals surface area (Å²) in [6.07, 6.45) is 0. The van der Waals surface area contributed by atoms with Gasteiger partial charge in [0.2, 0.25) is 0 Å². The van der Waals surface area contributed by atoms with Gasteiger partial charge in [-0.3, -0.25) is 10.1 Å². The van der Waals surface area contributed by atoms with Gasteiger partial charge < -0.3 is 10.6 Å². The second-order valence-corrected chi connectivity index (χ2v) is 4.38. The Labute approximate surface area is 115 Å². The van der Waals surface area contributed by atoms with Crippen LogP contribution in [0, 0.1) is 22.9 Å². The van der Waals surface area contributed by atoms with E-state index >= 15 is 0 Å². The quantitative estimate of drug-likeness (QED) is 0.657. The molecule has 2 aromatic carbocycles. The van der Waals surface area contributed by atoms with E-state index in [0.29, 0.717) is 11.4 Å². The summed E-state index contributed by atoms with van der Waals surface area (Å²) in [5.74, 6) is -0.409. The Bertz CT molecular complexity index is 659. The summed E-state index contributed by atoms with van der Waals surface area (Å²) in [6, 6.07) is 9.11. The molecule has 0 aliphatic rings. The molecule has 2 aromatic rings. The fraction of sp³-hybridized carbons (Fsp3) is 0.143. The summed E-state index contributed by atoms with van der Waals surface area (Å²) in [5, 5.41) is 16.6. The number of hydrogen-bond acceptors (Lipinski definition) is 4. The van der Waals surface area contributed by atoms with Crippen LogP contribution in [0.4, 0.5) is 27.1 Å². The zero-order valence-corrected chi connectivity index (χ0v) is 11.1. The van der Waals surface area contributed by atoms with Crippen molar-refractivity contribution in [3.05, 3.63) is 57.9 Å². The normalized spacial score (nSPS) is 10.2. The van der Waals surface area contributed by atoms with E-state index in [-0.39, 0.29) is 11.4 Å². The number of rotatable bonds is 4. The van der Waals surface area contributed by atoms with Crippen LogP contribution in [0.5, 0.6) is 0 Å². The maximum atomic E-state index is 13.7. The number of nitro groups is 1. The number of benzene rings is 2. The minimum absolute atomic E-state index is 0.0626. The van der Waals surface area contributed by atoms with E-state index in [0.717, 1.165) is 5.56 Å². The molecule has 0 amide bonds. The maximum Gasteiger partial charge on any atom is 0.273 e. The minimum atomic E-state index is -0.487. The molecular weight excluding hydrogens is 261 g/mol. The Kier molecular flexibility index (Phi) is 3.84. The molecule has 0 saturated heterocycles. The summed E-state index contributed by atoms with van der Waals surface area (Å²) in [4.78, 5) is 10.4. The number of anilines is 3. The summed E-state index contributed by atoms with van der Waals surface area (Å²) >= 11 is 0. The molecule has 20 heavy (non-hydrogen) atoms. The molecule has 0 saturated carbocycles. The number of nitro benzene ring substituents is 1. The number of aryl methyl sites for hydroxylation is 1. The van der Waals surface area contributed by atoms with Crippen LogP contribution in [0.15, 0.2) is 36.4 Å². The Morgan fingerprint density at radius 2 is 1.85 bits per heavy atom. The van der Waals surface area contributed by atoms with Gasteiger partial charge in [0.1, 0.15) is 5.82 Å². The molecule has 0 bridgehead atoms. The highest BCUT2D eigenvalue weighted by molar-refractivity contribution is 5.69. The van der Waals surface area contributed by atoms with Crippen molar-refractivity contribution in [2.75, 3.05) is 17.7 Å². The third-order valence-electron chi connectivity index (χ3n) is 2.82. The summed E-state index contributed by atoms with van der Waals surface area (Å²) in [6.45, 7) is 1.84. The lowest BCUT2D eigenvalue weighted by Crippen LogP contribution is -1.98. The number of nitrogens with one attached hydrogen (secondary N) is 2. The van der Waals surface area contributed by atoms with Crippen LogP contribution < -0.4 is 10.6 Å². The van der Waals surface area contributed by atoms with Crippen LogP contribution in [-0.2, 0) is 0 Å². The second kappa shape index (κ2) is 5.56. The zero-order chi connectivity index (χ0) is 14.7. The van der Waals surface area contributed by atoms with Crippen LogP contribution in [0.1, 0.15) is 5.56 Å². The van der Waals surface area contributed by atoms with Gasteiger partial charge in [-0.1, -0.05) is 6.07 Å². The fourth-order valence-corrected chi connectivity index (χ4v) is 1.82. The van der Waals surface area contributed by atoms with Gasteiger partial charge in [0, 0.05) is 30.6 Å². The molecule has 2 rings (SSSR count). The maximum absolute atomic E-state index is 13.7. The molecular formula is C14H14FN3O2. The Balaban J connectivity index is 2.39. The van der Waals surface area contributed by atoms with E-state index in [1.54, 1.807) is 25.2 Å². The van der Waals surface area contributed by atoms with Crippen molar-refractivity contribution in [1.29, 1.82) is 0 Å². The third-order valence-corrected chi connectivity index (χ3v) is 2.82. The summed E-state index contributed by atoms with van der Waals surface area (Å²) < 4.78 is 13.7. The Morgan fingerprint density at radius 3 is 2.50 bits per heavy atom. The van der Waals surface area contributed by atoms with E-state index in [9.17, 15) is 14.5 Å². The molecule has 0 atom stereocenters. The predicted molar refractivity (Wildman–Crippen MR) is 77.1 cm³/mol. The first-order chi connectivity index (χ1) is 9.49. The van der Waals surface area contributed by atoms with E-state index in [1.807, 2.05) is 6.92 Å². The SMILES string of the molecule is CNc1cc(Nc2cc(C)ccc2F)cc([N+](=O)[O-])c1. The highest BCUT2D eigenvalue weighted by atomic mass is 19.1. The third kappa shape index (κ3) is 3.03. The van der Waals surface area contributed by atoms with E-state index < -0.39 is 10.7 Å². The van der Waals surface area contributed by atoms with Gasteiger partial charge in [0.15, 0.2) is 0 Å². The Morgan fingerprint density at radius 1 is 1.15 bits per heavy atom. The van der Waals surface area contributed by atoms with Crippen LogP contribution in [-0.4, -0.2) is 12.0 Å². The smallest absolute Gasteiger partial charge is 0.273 e. The van der Waals surface area contributed by atoms with Gasteiger partial charge >= 0.3 is 0 Å². The molecule has 0 aliphatic carbocycles. The van der Waals surface area contributed by atoms with Crippen molar-refractivity contribution in [2.45, 2.75) is 6.92 Å². The van der Waals surface area contributed by atoms with Crippen molar-refractivity contribution >= 4 is 22.7 Å². The van der Waals surface area contributed by atoms with Crippen molar-refractivity contribution in [1.82, 2.24) is 0 Å². The van der Waals surface area contributed by atoms with Gasteiger partial charge in [-0.25, -0.2) is 4.39 Å². The van der Waals surface area contributed by atoms with Crippen molar-refractivity contribution in [3.63, 3.8) is 0 Å². The first kappa shape index (κ1) is 13.8. The van der Waals surface area contributed by atoms with E-state index in [1.165, 1.54) is 18.2 Å². The van der Waals surface area contributed by atoms with E-state index in [4.69, 9.17) is 0 Å². The molecule has 0 radical (unpaired) electrons. The molecule has 0 aliphatic heterocycles. The molecule has 0 fully saturated rings. The molecule has 5 nitrogen and oxygen atoms in total. The van der Waals surface area contributed by atoms with Crippen LogP contribution in [0.25, 0.3) is 0 Å². The first-order valence-corrected chi connectivity index (χ1v) is 6.00. The lowest BCUT2D eigenvalue weighted by molar-refractivity contribution is -0.384. The second-order valence-electron chi connectivity index (χ2n) is 4.38. The number of hydrogen-bond donors (Lipinski definition) is 2. The number of non-ortho nitro benzene ring substituents is 1. The fourth-order valence-electron chi connectivity index (χ4n) is 1.82. The van der Waals surface area contributed by atoms with Crippen LogP contribution in [0.2, 0.25) is 0 Å². The predicted octanol–water partition coefficient (Wildman–Crippen LogP) is 3.83. The lowest BCUT2D eigenvalue weighted by Gasteiger charge is -2.10.